The normalized spacial score (nSPS) is 18.2. The monoisotopic (exact) mass is 367 g/mol. The molecule has 9 nitrogen and oxygen atoms in total. The van der Waals surface area contributed by atoms with Crippen LogP contribution in [0.3, 0.4) is 0 Å². The number of hydrogen-bond acceptors (Lipinski definition) is 6. The second-order valence-corrected chi connectivity index (χ2v) is 6.11. The lowest BCUT2D eigenvalue weighted by Crippen LogP contribution is -2.29. The fourth-order valence-corrected chi connectivity index (χ4v) is 3.21. The van der Waals surface area contributed by atoms with E-state index in [0.717, 1.165) is 37.4 Å². The SMILES string of the molecule is Cl.O=C1OCCN1CCn1ccnc1-c1cn(C2CCNCC2)nn1. The average Bonchev–Trinajstić information content (AvgIpc) is 3.34. The highest BCUT2D eigenvalue weighted by Crippen LogP contribution is 2.21. The van der Waals surface area contributed by atoms with Crippen LogP contribution in [0.5, 0.6) is 0 Å². The van der Waals surface area contributed by atoms with Crippen molar-refractivity contribution in [2.24, 2.45) is 0 Å². The summed E-state index contributed by atoms with van der Waals surface area (Å²) in [5.74, 6) is 0.780. The smallest absolute Gasteiger partial charge is 0.410 e. The minimum Gasteiger partial charge on any atom is -0.448 e. The molecule has 2 saturated heterocycles. The number of ether oxygens (including phenoxy) is 1. The molecule has 4 rings (SSSR count). The molecule has 0 atom stereocenters. The zero-order valence-corrected chi connectivity index (χ0v) is 14.7. The highest BCUT2D eigenvalue weighted by atomic mass is 35.5. The summed E-state index contributed by atoms with van der Waals surface area (Å²) in [4.78, 5) is 17.6. The van der Waals surface area contributed by atoms with Crippen molar-refractivity contribution < 1.29 is 9.53 Å². The van der Waals surface area contributed by atoms with Gasteiger partial charge in [-0.3, -0.25) is 0 Å². The number of carbonyl (C=O) groups excluding carboxylic acids is 1. The summed E-state index contributed by atoms with van der Waals surface area (Å²) < 4.78 is 8.91. The van der Waals surface area contributed by atoms with E-state index in [1.807, 2.05) is 21.6 Å². The number of halogens is 1. The molecule has 0 radical (unpaired) electrons. The maximum absolute atomic E-state index is 11.5. The van der Waals surface area contributed by atoms with Crippen LogP contribution in [0, 0.1) is 0 Å². The first kappa shape index (κ1) is 17.7. The van der Waals surface area contributed by atoms with Crippen molar-refractivity contribution >= 4 is 18.5 Å². The van der Waals surface area contributed by atoms with Crippen molar-refractivity contribution in [1.82, 2.24) is 34.8 Å². The molecule has 25 heavy (non-hydrogen) atoms. The number of imidazole rings is 1. The highest BCUT2D eigenvalue weighted by Gasteiger charge is 2.22. The Balaban J connectivity index is 0.00000182. The van der Waals surface area contributed by atoms with E-state index in [9.17, 15) is 4.79 Å². The molecule has 0 saturated carbocycles. The van der Waals surface area contributed by atoms with Gasteiger partial charge in [-0.25, -0.2) is 14.5 Å². The van der Waals surface area contributed by atoms with Crippen molar-refractivity contribution in [3.05, 3.63) is 18.6 Å². The van der Waals surface area contributed by atoms with Crippen LogP contribution in [0.25, 0.3) is 11.5 Å². The first-order valence-electron chi connectivity index (χ1n) is 8.37. The van der Waals surface area contributed by atoms with Crippen LogP contribution in [-0.2, 0) is 11.3 Å². The first-order chi connectivity index (χ1) is 11.8. The van der Waals surface area contributed by atoms with E-state index in [2.05, 4.69) is 20.6 Å². The van der Waals surface area contributed by atoms with Gasteiger partial charge in [0.25, 0.3) is 0 Å². The van der Waals surface area contributed by atoms with Crippen LogP contribution in [0.2, 0.25) is 0 Å². The molecule has 0 bridgehead atoms. The number of carbonyl (C=O) groups is 1. The summed E-state index contributed by atoms with van der Waals surface area (Å²) in [6.07, 6.45) is 7.51. The molecule has 2 aliphatic heterocycles. The molecule has 0 unspecified atom stereocenters. The summed E-state index contributed by atoms with van der Waals surface area (Å²) in [7, 11) is 0. The summed E-state index contributed by atoms with van der Waals surface area (Å²) >= 11 is 0. The number of hydrogen-bond donors (Lipinski definition) is 1. The summed E-state index contributed by atoms with van der Waals surface area (Å²) in [6, 6.07) is 0.398. The van der Waals surface area contributed by atoms with Crippen molar-refractivity contribution in [2.45, 2.75) is 25.4 Å². The zero-order chi connectivity index (χ0) is 16.4. The fourth-order valence-electron chi connectivity index (χ4n) is 3.21. The van der Waals surface area contributed by atoms with E-state index < -0.39 is 0 Å². The second-order valence-electron chi connectivity index (χ2n) is 6.11. The van der Waals surface area contributed by atoms with Crippen LogP contribution in [0.1, 0.15) is 18.9 Å². The lowest BCUT2D eigenvalue weighted by Gasteiger charge is -2.22. The Morgan fingerprint density at radius 3 is 2.88 bits per heavy atom. The third kappa shape index (κ3) is 3.77. The molecule has 0 spiro atoms. The van der Waals surface area contributed by atoms with Crippen molar-refractivity contribution in [1.29, 1.82) is 0 Å². The Kier molecular flexibility index (Phi) is 5.54. The quantitative estimate of drug-likeness (QED) is 0.845. The summed E-state index contributed by atoms with van der Waals surface area (Å²) in [5.41, 5.74) is 0.766. The van der Waals surface area contributed by atoms with Gasteiger partial charge in [-0.1, -0.05) is 5.21 Å². The maximum atomic E-state index is 11.5. The van der Waals surface area contributed by atoms with Gasteiger partial charge >= 0.3 is 6.09 Å². The number of aromatic nitrogens is 5. The highest BCUT2D eigenvalue weighted by molar-refractivity contribution is 5.85. The molecule has 136 valence electrons. The summed E-state index contributed by atoms with van der Waals surface area (Å²) in [5, 5.41) is 11.9. The van der Waals surface area contributed by atoms with E-state index in [0.29, 0.717) is 32.3 Å². The number of nitrogens with zero attached hydrogens (tertiary/aromatic N) is 6. The maximum Gasteiger partial charge on any atom is 0.410 e. The Morgan fingerprint density at radius 1 is 1.28 bits per heavy atom. The minimum absolute atomic E-state index is 0. The number of nitrogens with one attached hydrogen (secondary N) is 1. The molecule has 10 heteroatoms. The van der Waals surface area contributed by atoms with Gasteiger partial charge in [0.2, 0.25) is 0 Å². The van der Waals surface area contributed by atoms with Crippen LogP contribution >= 0.6 is 12.4 Å². The molecule has 2 fully saturated rings. The van der Waals surface area contributed by atoms with Crippen LogP contribution in [0.4, 0.5) is 4.79 Å². The number of piperidine rings is 1. The summed E-state index contributed by atoms with van der Waals surface area (Å²) in [6.45, 7) is 4.41. The number of cyclic esters (lactones) is 1. The van der Waals surface area contributed by atoms with E-state index in [1.54, 1.807) is 11.1 Å². The van der Waals surface area contributed by atoms with Gasteiger partial charge in [0.15, 0.2) is 5.82 Å². The Morgan fingerprint density at radius 2 is 2.12 bits per heavy atom. The van der Waals surface area contributed by atoms with Gasteiger partial charge in [0.05, 0.1) is 18.8 Å². The Hall–Kier alpha value is -2.13. The van der Waals surface area contributed by atoms with Crippen LogP contribution < -0.4 is 5.32 Å². The van der Waals surface area contributed by atoms with Gasteiger partial charge in [-0.2, -0.15) is 0 Å². The predicted molar refractivity (Wildman–Crippen MR) is 92.6 cm³/mol. The van der Waals surface area contributed by atoms with E-state index in [4.69, 9.17) is 4.74 Å². The van der Waals surface area contributed by atoms with Crippen molar-refractivity contribution in [3.8, 4) is 11.5 Å². The Bertz CT molecular complexity index is 710. The molecule has 2 aromatic rings. The van der Waals surface area contributed by atoms with E-state index >= 15 is 0 Å². The van der Waals surface area contributed by atoms with Crippen LogP contribution in [0.15, 0.2) is 18.6 Å². The third-order valence-corrected chi connectivity index (χ3v) is 4.59. The van der Waals surface area contributed by atoms with Gasteiger partial charge in [-0.05, 0) is 25.9 Å². The molecule has 2 aromatic heterocycles. The van der Waals surface area contributed by atoms with Gasteiger partial charge in [0.1, 0.15) is 12.3 Å². The topological polar surface area (TPSA) is 90.1 Å². The zero-order valence-electron chi connectivity index (χ0n) is 13.9. The molecule has 2 aliphatic rings. The molecular formula is C15H22ClN7O2. The Labute approximate surface area is 151 Å². The van der Waals surface area contributed by atoms with Gasteiger partial charge in [0, 0.05) is 25.5 Å². The number of rotatable bonds is 5. The van der Waals surface area contributed by atoms with E-state index in [1.165, 1.54) is 0 Å². The van der Waals surface area contributed by atoms with E-state index in [-0.39, 0.29) is 18.5 Å². The third-order valence-electron chi connectivity index (χ3n) is 4.59. The van der Waals surface area contributed by atoms with Gasteiger partial charge in [-0.15, -0.1) is 17.5 Å². The molecular weight excluding hydrogens is 346 g/mol. The molecule has 0 aromatic carbocycles. The first-order valence-corrected chi connectivity index (χ1v) is 8.37. The minimum atomic E-state index is -0.242. The second kappa shape index (κ2) is 7.83. The fraction of sp³-hybridized carbons (Fsp3) is 0.600. The molecule has 4 heterocycles. The van der Waals surface area contributed by atoms with Gasteiger partial charge < -0.3 is 19.5 Å². The molecule has 0 aliphatic carbocycles. The lowest BCUT2D eigenvalue weighted by molar-refractivity contribution is 0.157. The molecule has 1 amide bonds. The van der Waals surface area contributed by atoms with Crippen molar-refractivity contribution in [2.75, 3.05) is 32.8 Å². The van der Waals surface area contributed by atoms with Crippen LogP contribution in [-0.4, -0.2) is 68.3 Å². The largest absolute Gasteiger partial charge is 0.448 e. The number of amides is 1. The van der Waals surface area contributed by atoms with Crippen molar-refractivity contribution in [3.63, 3.8) is 0 Å². The predicted octanol–water partition coefficient (Wildman–Crippen LogP) is 0.940. The standard InChI is InChI=1S/C15H21N7O2.ClH/c23-15-21(9-10-24-15)8-7-20-6-5-17-14(20)13-11-22(19-18-13)12-1-3-16-4-2-12;/h5-6,11-12,16H,1-4,7-10H2;1H. The average molecular weight is 368 g/mol. The lowest BCUT2D eigenvalue weighted by atomic mass is 10.1. The molecule has 1 N–H and O–H groups in total.